The number of aromatic nitrogens is 3. The van der Waals surface area contributed by atoms with Gasteiger partial charge in [-0.05, 0) is 86.5 Å². The van der Waals surface area contributed by atoms with Crippen LogP contribution in [0.25, 0.3) is 32.9 Å². The maximum absolute atomic E-state index is 13.3. The van der Waals surface area contributed by atoms with Gasteiger partial charge in [0.1, 0.15) is 0 Å². The lowest BCUT2D eigenvalue weighted by Gasteiger charge is -2.22. The first-order chi connectivity index (χ1) is 19.3. The average molecular weight is 551 g/mol. The number of nitrogens with one attached hydrogen (secondary N) is 3. The van der Waals surface area contributed by atoms with Gasteiger partial charge in [-0.25, -0.2) is 4.79 Å². The van der Waals surface area contributed by atoms with Crippen LogP contribution in [0.2, 0.25) is 0 Å². The molecule has 202 valence electrons. The molecule has 5 aromatic rings. The fraction of sp³-hybridized carbons (Fsp3) is 0.258. The summed E-state index contributed by atoms with van der Waals surface area (Å²) in [5, 5.41) is 15.9. The Morgan fingerprint density at radius 3 is 2.52 bits per heavy atom. The molecule has 8 nitrogen and oxygen atoms in total. The van der Waals surface area contributed by atoms with Crippen molar-refractivity contribution in [1.82, 2.24) is 19.7 Å². The van der Waals surface area contributed by atoms with Crippen LogP contribution >= 0.6 is 11.8 Å². The van der Waals surface area contributed by atoms with Crippen LogP contribution in [0.4, 0.5) is 16.2 Å². The smallest absolute Gasteiger partial charge is 0.323 e. The van der Waals surface area contributed by atoms with Gasteiger partial charge in [0.05, 0.1) is 16.8 Å². The van der Waals surface area contributed by atoms with Gasteiger partial charge in [0, 0.05) is 69.5 Å². The van der Waals surface area contributed by atoms with Gasteiger partial charge in [-0.2, -0.15) is 5.10 Å². The molecule has 0 atom stereocenters. The minimum absolute atomic E-state index is 0.0311. The minimum atomic E-state index is -0.299. The summed E-state index contributed by atoms with van der Waals surface area (Å²) in [5.74, 6) is -0.0311. The number of aryl methyl sites for hydroxylation is 3. The first-order valence-electron chi connectivity index (χ1n) is 13.5. The van der Waals surface area contributed by atoms with E-state index in [0.29, 0.717) is 12.2 Å². The first-order valence-corrected chi connectivity index (χ1v) is 14.7. The molecule has 0 saturated heterocycles. The number of fused-ring (bicyclic) bond motifs is 10. The zero-order valence-corrected chi connectivity index (χ0v) is 23.7. The fourth-order valence-electron chi connectivity index (χ4n) is 6.44. The normalized spacial score (nSPS) is 13.9. The van der Waals surface area contributed by atoms with E-state index in [2.05, 4.69) is 45.5 Å². The van der Waals surface area contributed by atoms with Gasteiger partial charge in [-0.1, -0.05) is 0 Å². The Morgan fingerprint density at radius 1 is 1.02 bits per heavy atom. The molecule has 2 aliphatic rings. The highest BCUT2D eigenvalue weighted by molar-refractivity contribution is 7.98. The van der Waals surface area contributed by atoms with Crippen LogP contribution in [0.1, 0.15) is 47.1 Å². The van der Waals surface area contributed by atoms with Crippen molar-refractivity contribution in [2.75, 3.05) is 16.9 Å². The molecule has 9 heteroatoms. The summed E-state index contributed by atoms with van der Waals surface area (Å²) in [6, 6.07) is 13.7. The van der Waals surface area contributed by atoms with Gasteiger partial charge in [0.2, 0.25) is 0 Å². The van der Waals surface area contributed by atoms with Crippen molar-refractivity contribution in [3.63, 3.8) is 0 Å². The number of carbonyl (C=O) groups excluding carboxylic acids is 2. The van der Waals surface area contributed by atoms with Crippen molar-refractivity contribution in [2.24, 2.45) is 7.05 Å². The van der Waals surface area contributed by atoms with E-state index in [1.807, 2.05) is 60.6 Å². The predicted octanol–water partition coefficient (Wildman–Crippen LogP) is 6.48. The topological polar surface area (TPSA) is 93.0 Å². The quantitative estimate of drug-likeness (QED) is 0.223. The molecule has 0 bridgehead atoms. The molecule has 3 heterocycles. The Balaban J connectivity index is 1.39. The minimum Gasteiger partial charge on any atom is -0.348 e. The number of hydrogen-bond donors (Lipinski definition) is 3. The van der Waals surface area contributed by atoms with Gasteiger partial charge < -0.3 is 20.5 Å². The molecule has 1 aliphatic carbocycles. The SMILES string of the molecule is CSc1ccc(NC(=O)Nc2ccc3c(c2)c2c4c(c5c(c2n3C(C)C)CCc2nn(C)cc2-5)C(=O)NC4)cc1. The Hall–Kier alpha value is -4.24. The molecule has 0 saturated carbocycles. The van der Waals surface area contributed by atoms with Crippen molar-refractivity contribution in [3.8, 4) is 11.1 Å². The van der Waals surface area contributed by atoms with Crippen molar-refractivity contribution in [1.29, 1.82) is 0 Å². The summed E-state index contributed by atoms with van der Waals surface area (Å²) < 4.78 is 4.24. The van der Waals surface area contributed by atoms with Gasteiger partial charge in [-0.15, -0.1) is 11.8 Å². The molecule has 1 aliphatic heterocycles. The number of amides is 3. The Morgan fingerprint density at radius 2 is 1.77 bits per heavy atom. The highest BCUT2D eigenvalue weighted by Gasteiger charge is 2.35. The van der Waals surface area contributed by atoms with Crippen LogP contribution in [-0.2, 0) is 26.4 Å². The molecule has 3 N–H and O–H groups in total. The maximum atomic E-state index is 13.3. The third-order valence-electron chi connectivity index (χ3n) is 8.01. The number of urea groups is 1. The molecule has 40 heavy (non-hydrogen) atoms. The summed E-state index contributed by atoms with van der Waals surface area (Å²) in [7, 11) is 1.94. The second kappa shape index (κ2) is 9.16. The summed E-state index contributed by atoms with van der Waals surface area (Å²) in [6.07, 6.45) is 5.73. The zero-order chi connectivity index (χ0) is 27.7. The number of rotatable bonds is 4. The molecule has 2 aromatic heterocycles. The highest BCUT2D eigenvalue weighted by atomic mass is 32.2. The molecule has 0 unspecified atom stereocenters. The molecule has 7 rings (SSSR count). The number of carbonyl (C=O) groups is 2. The van der Waals surface area contributed by atoms with E-state index in [4.69, 9.17) is 0 Å². The second-order valence-corrected chi connectivity index (χ2v) is 11.7. The molecule has 0 fully saturated rings. The Kier molecular flexibility index (Phi) is 5.67. The van der Waals surface area contributed by atoms with E-state index in [1.54, 1.807) is 11.8 Å². The molecular weight excluding hydrogens is 520 g/mol. The van der Waals surface area contributed by atoms with E-state index in [9.17, 15) is 9.59 Å². The number of anilines is 2. The lowest BCUT2D eigenvalue weighted by Crippen LogP contribution is -2.19. The lowest BCUT2D eigenvalue weighted by molar-refractivity contribution is 0.0966. The van der Waals surface area contributed by atoms with Crippen LogP contribution < -0.4 is 16.0 Å². The number of hydrogen-bond acceptors (Lipinski definition) is 4. The molecule has 0 radical (unpaired) electrons. The molecule has 3 aromatic carbocycles. The summed E-state index contributed by atoms with van der Waals surface area (Å²) in [4.78, 5) is 27.3. The van der Waals surface area contributed by atoms with E-state index < -0.39 is 0 Å². The van der Waals surface area contributed by atoms with Crippen molar-refractivity contribution >= 4 is 56.9 Å². The van der Waals surface area contributed by atoms with Gasteiger partial charge >= 0.3 is 6.03 Å². The monoisotopic (exact) mass is 550 g/mol. The largest absolute Gasteiger partial charge is 0.348 e. The van der Waals surface area contributed by atoms with E-state index in [-0.39, 0.29) is 18.0 Å². The fourth-order valence-corrected chi connectivity index (χ4v) is 6.85. The standard InChI is InChI=1S/C31H30N6O2S/c1-16(2)37-25-12-7-18(34-31(39)33-17-5-8-19(40-4)9-6-17)13-21(25)27-22-14-32-30(38)28(22)26-20(29(27)37)10-11-24-23(26)15-36(3)35-24/h5-9,12-13,15-16H,10-11,14H2,1-4H3,(H,32,38)(H2,33,34,39). The molecule has 0 spiro atoms. The van der Waals surface area contributed by atoms with Gasteiger partial charge in [0.15, 0.2) is 0 Å². The molecular formula is C31H30N6O2S. The van der Waals surface area contributed by atoms with Crippen LogP contribution in [-0.4, -0.2) is 32.5 Å². The van der Waals surface area contributed by atoms with Crippen LogP contribution in [0.15, 0.2) is 53.6 Å². The van der Waals surface area contributed by atoms with Gasteiger partial charge in [0.25, 0.3) is 5.91 Å². The first kappa shape index (κ1) is 24.8. The van der Waals surface area contributed by atoms with E-state index >= 15 is 0 Å². The van der Waals surface area contributed by atoms with Crippen LogP contribution in [0.3, 0.4) is 0 Å². The lowest BCUT2D eigenvalue weighted by atomic mass is 9.82. The molecule has 3 amide bonds. The second-order valence-electron chi connectivity index (χ2n) is 10.8. The highest BCUT2D eigenvalue weighted by Crippen LogP contribution is 2.47. The van der Waals surface area contributed by atoms with Crippen molar-refractivity contribution in [3.05, 3.63) is 71.0 Å². The van der Waals surface area contributed by atoms with Crippen molar-refractivity contribution in [2.45, 2.75) is 44.2 Å². The van der Waals surface area contributed by atoms with Crippen molar-refractivity contribution < 1.29 is 9.59 Å². The van der Waals surface area contributed by atoms with Crippen LogP contribution in [0, 0.1) is 0 Å². The van der Waals surface area contributed by atoms with E-state index in [0.717, 1.165) is 67.7 Å². The number of nitrogens with zero attached hydrogens (tertiary/aromatic N) is 3. The average Bonchev–Trinajstić information content (AvgIpc) is 3.61. The number of thioether (sulfide) groups is 1. The Bertz CT molecular complexity index is 1870. The summed E-state index contributed by atoms with van der Waals surface area (Å²) in [5.41, 5.74) is 9.84. The zero-order valence-electron chi connectivity index (χ0n) is 22.9. The maximum Gasteiger partial charge on any atom is 0.323 e. The van der Waals surface area contributed by atoms with E-state index in [1.165, 1.54) is 11.1 Å². The summed E-state index contributed by atoms with van der Waals surface area (Å²) in [6.45, 7) is 4.87. The van der Waals surface area contributed by atoms with Crippen LogP contribution in [0.5, 0.6) is 0 Å². The Labute approximate surface area is 236 Å². The third-order valence-corrected chi connectivity index (χ3v) is 8.75. The summed E-state index contributed by atoms with van der Waals surface area (Å²) >= 11 is 1.66. The third kappa shape index (κ3) is 3.71. The predicted molar refractivity (Wildman–Crippen MR) is 161 cm³/mol. The van der Waals surface area contributed by atoms with Gasteiger partial charge in [-0.3, -0.25) is 9.48 Å². The number of benzene rings is 3.